The smallest absolute Gasteiger partial charge is 0.0766 e. The molecule has 1 aromatic heterocycles. The van der Waals surface area contributed by atoms with Crippen LogP contribution in [0.1, 0.15) is 11.1 Å². The molecule has 0 spiro atoms. The van der Waals surface area contributed by atoms with Crippen LogP contribution in [0.15, 0.2) is 48.7 Å². The third kappa shape index (κ3) is 2.82. The highest BCUT2D eigenvalue weighted by atomic mass is 35.5. The van der Waals surface area contributed by atoms with E-state index in [2.05, 4.69) is 10.3 Å². The standard InChI is InChI=1S/C17H14Cl2N2/c1-11-14(18)5-2-6-16(11)21-10-12-7-8-15(19)13-4-3-9-20-17(12)13/h2-9,21H,10H2,1H3. The summed E-state index contributed by atoms with van der Waals surface area (Å²) in [5, 5.41) is 5.87. The largest absolute Gasteiger partial charge is 0.381 e. The summed E-state index contributed by atoms with van der Waals surface area (Å²) in [6, 6.07) is 13.6. The molecule has 0 aliphatic carbocycles. The zero-order chi connectivity index (χ0) is 14.8. The Bertz CT molecular complexity index is 800. The monoisotopic (exact) mass is 316 g/mol. The molecule has 0 atom stereocenters. The summed E-state index contributed by atoms with van der Waals surface area (Å²) in [4.78, 5) is 4.44. The van der Waals surface area contributed by atoms with Crippen molar-refractivity contribution < 1.29 is 0 Å². The van der Waals surface area contributed by atoms with Crippen molar-refractivity contribution in [2.24, 2.45) is 0 Å². The number of aromatic nitrogens is 1. The molecule has 0 saturated carbocycles. The summed E-state index contributed by atoms with van der Waals surface area (Å²) in [6.07, 6.45) is 1.78. The van der Waals surface area contributed by atoms with Gasteiger partial charge in [-0.25, -0.2) is 0 Å². The number of hydrogen-bond donors (Lipinski definition) is 1. The highest BCUT2D eigenvalue weighted by Crippen LogP contribution is 2.27. The molecule has 1 heterocycles. The van der Waals surface area contributed by atoms with Crippen molar-refractivity contribution in [2.45, 2.75) is 13.5 Å². The number of pyridine rings is 1. The molecular formula is C17H14Cl2N2. The molecule has 0 aliphatic rings. The van der Waals surface area contributed by atoms with Gasteiger partial charge in [-0.3, -0.25) is 4.98 Å². The number of anilines is 1. The Hall–Kier alpha value is -1.77. The van der Waals surface area contributed by atoms with E-state index in [1.54, 1.807) is 6.20 Å². The third-order valence-electron chi connectivity index (χ3n) is 3.54. The summed E-state index contributed by atoms with van der Waals surface area (Å²) in [6.45, 7) is 2.68. The lowest BCUT2D eigenvalue weighted by molar-refractivity contribution is 1.14. The minimum absolute atomic E-state index is 0.672. The maximum absolute atomic E-state index is 6.21. The predicted octanol–water partition coefficient (Wildman–Crippen LogP) is 5.46. The van der Waals surface area contributed by atoms with Gasteiger partial charge >= 0.3 is 0 Å². The van der Waals surface area contributed by atoms with E-state index in [1.165, 1.54) is 0 Å². The zero-order valence-electron chi connectivity index (χ0n) is 11.5. The Morgan fingerprint density at radius 2 is 1.86 bits per heavy atom. The van der Waals surface area contributed by atoms with Crippen LogP contribution >= 0.6 is 23.2 Å². The molecular weight excluding hydrogens is 303 g/mol. The lowest BCUT2D eigenvalue weighted by atomic mass is 10.1. The third-order valence-corrected chi connectivity index (χ3v) is 4.28. The molecule has 0 fully saturated rings. The lowest BCUT2D eigenvalue weighted by Crippen LogP contribution is -2.02. The summed E-state index contributed by atoms with van der Waals surface area (Å²) in [7, 11) is 0. The van der Waals surface area contributed by atoms with Crippen molar-refractivity contribution >= 4 is 39.8 Å². The molecule has 0 bridgehead atoms. The Morgan fingerprint density at radius 3 is 2.71 bits per heavy atom. The van der Waals surface area contributed by atoms with E-state index in [-0.39, 0.29) is 0 Å². The van der Waals surface area contributed by atoms with Gasteiger partial charge in [0.05, 0.1) is 5.52 Å². The van der Waals surface area contributed by atoms with Crippen LogP contribution in [0.3, 0.4) is 0 Å². The number of rotatable bonds is 3. The van der Waals surface area contributed by atoms with E-state index in [9.17, 15) is 0 Å². The number of nitrogens with zero attached hydrogens (tertiary/aromatic N) is 1. The van der Waals surface area contributed by atoms with Crippen LogP contribution < -0.4 is 5.32 Å². The fourth-order valence-corrected chi connectivity index (χ4v) is 2.72. The van der Waals surface area contributed by atoms with Crippen molar-refractivity contribution in [1.29, 1.82) is 0 Å². The predicted molar refractivity (Wildman–Crippen MR) is 90.3 cm³/mol. The van der Waals surface area contributed by atoms with E-state index in [1.807, 2.05) is 49.4 Å². The number of halogens is 2. The molecule has 0 unspecified atom stereocenters. The summed E-state index contributed by atoms with van der Waals surface area (Å²) in [5.41, 5.74) is 4.11. The summed E-state index contributed by atoms with van der Waals surface area (Å²) >= 11 is 12.4. The molecule has 21 heavy (non-hydrogen) atoms. The van der Waals surface area contributed by atoms with E-state index in [0.29, 0.717) is 6.54 Å². The second-order valence-electron chi connectivity index (χ2n) is 4.87. The minimum atomic E-state index is 0.672. The average Bonchev–Trinajstić information content (AvgIpc) is 2.51. The van der Waals surface area contributed by atoms with Crippen LogP contribution in [0.5, 0.6) is 0 Å². The van der Waals surface area contributed by atoms with Gasteiger partial charge in [-0.2, -0.15) is 0 Å². The first-order valence-corrected chi connectivity index (χ1v) is 7.43. The molecule has 2 nitrogen and oxygen atoms in total. The van der Waals surface area contributed by atoms with Gasteiger partial charge in [-0.1, -0.05) is 35.3 Å². The molecule has 0 amide bonds. The van der Waals surface area contributed by atoms with Crippen LogP contribution in [0.4, 0.5) is 5.69 Å². The first kappa shape index (κ1) is 14.2. The average molecular weight is 317 g/mol. The molecule has 0 radical (unpaired) electrons. The van der Waals surface area contributed by atoms with Gasteiger partial charge < -0.3 is 5.32 Å². The highest BCUT2D eigenvalue weighted by molar-refractivity contribution is 6.35. The molecule has 1 N–H and O–H groups in total. The molecule has 2 aromatic carbocycles. The SMILES string of the molecule is Cc1c(Cl)cccc1NCc1ccc(Cl)c2cccnc12. The van der Waals surface area contributed by atoms with Gasteiger partial charge in [-0.15, -0.1) is 0 Å². The summed E-state index contributed by atoms with van der Waals surface area (Å²) in [5.74, 6) is 0. The second kappa shape index (κ2) is 5.92. The fraction of sp³-hybridized carbons (Fsp3) is 0.118. The van der Waals surface area contributed by atoms with E-state index in [0.717, 1.165) is 37.8 Å². The van der Waals surface area contributed by atoms with Crippen molar-refractivity contribution in [3.63, 3.8) is 0 Å². The first-order valence-electron chi connectivity index (χ1n) is 6.68. The first-order chi connectivity index (χ1) is 10.2. The number of benzene rings is 2. The lowest BCUT2D eigenvalue weighted by Gasteiger charge is -2.12. The minimum Gasteiger partial charge on any atom is -0.381 e. The van der Waals surface area contributed by atoms with Crippen LogP contribution in [-0.4, -0.2) is 4.98 Å². The second-order valence-corrected chi connectivity index (χ2v) is 5.69. The van der Waals surface area contributed by atoms with E-state index >= 15 is 0 Å². The van der Waals surface area contributed by atoms with Gasteiger partial charge in [0.25, 0.3) is 0 Å². The summed E-state index contributed by atoms with van der Waals surface area (Å²) < 4.78 is 0. The molecule has 0 aliphatic heterocycles. The highest BCUT2D eigenvalue weighted by Gasteiger charge is 2.07. The number of fused-ring (bicyclic) bond motifs is 1. The maximum atomic E-state index is 6.21. The molecule has 106 valence electrons. The molecule has 3 rings (SSSR count). The van der Waals surface area contributed by atoms with Gasteiger partial charge in [0.1, 0.15) is 0 Å². The normalized spacial score (nSPS) is 10.8. The van der Waals surface area contributed by atoms with Crippen molar-refractivity contribution in [3.05, 3.63) is 69.8 Å². The van der Waals surface area contributed by atoms with Crippen molar-refractivity contribution in [3.8, 4) is 0 Å². The Balaban J connectivity index is 1.92. The van der Waals surface area contributed by atoms with E-state index < -0.39 is 0 Å². The molecule has 0 saturated heterocycles. The van der Waals surface area contributed by atoms with Gasteiger partial charge in [0.2, 0.25) is 0 Å². The van der Waals surface area contributed by atoms with Gasteiger partial charge in [-0.05, 0) is 48.4 Å². The number of nitrogens with one attached hydrogen (secondary N) is 1. The van der Waals surface area contributed by atoms with Gasteiger partial charge in [0, 0.05) is 33.9 Å². The van der Waals surface area contributed by atoms with Crippen LogP contribution in [0, 0.1) is 6.92 Å². The fourth-order valence-electron chi connectivity index (χ4n) is 2.33. The van der Waals surface area contributed by atoms with Crippen molar-refractivity contribution in [2.75, 3.05) is 5.32 Å². The molecule has 4 heteroatoms. The topological polar surface area (TPSA) is 24.9 Å². The molecule has 3 aromatic rings. The Labute approximate surface area is 133 Å². The van der Waals surface area contributed by atoms with Crippen LogP contribution in [-0.2, 0) is 6.54 Å². The maximum Gasteiger partial charge on any atom is 0.0766 e. The van der Waals surface area contributed by atoms with Crippen LogP contribution in [0.2, 0.25) is 10.0 Å². The van der Waals surface area contributed by atoms with Crippen molar-refractivity contribution in [1.82, 2.24) is 4.98 Å². The Kier molecular flexibility index (Phi) is 4.00. The van der Waals surface area contributed by atoms with E-state index in [4.69, 9.17) is 23.2 Å². The van der Waals surface area contributed by atoms with Crippen LogP contribution in [0.25, 0.3) is 10.9 Å². The Morgan fingerprint density at radius 1 is 1.00 bits per heavy atom. The van der Waals surface area contributed by atoms with Gasteiger partial charge in [0.15, 0.2) is 0 Å². The zero-order valence-corrected chi connectivity index (χ0v) is 13.0. The quantitative estimate of drug-likeness (QED) is 0.693. The number of hydrogen-bond acceptors (Lipinski definition) is 2.